The van der Waals surface area contributed by atoms with Gasteiger partial charge in [0.15, 0.2) is 0 Å². The number of piperidine rings is 1. The zero-order valence-electron chi connectivity index (χ0n) is 26.6. The summed E-state index contributed by atoms with van der Waals surface area (Å²) < 4.78 is 43.0. The summed E-state index contributed by atoms with van der Waals surface area (Å²) in [5, 5.41) is 19.5. The van der Waals surface area contributed by atoms with E-state index < -0.39 is 15.6 Å². The second kappa shape index (κ2) is 16.4. The molecule has 4 N–H and O–H groups in total. The quantitative estimate of drug-likeness (QED) is 0.127. The average Bonchev–Trinajstić information content (AvgIpc) is 3.03. The Morgan fingerprint density at radius 3 is 2.23 bits per heavy atom. The van der Waals surface area contributed by atoms with Crippen molar-refractivity contribution in [1.29, 1.82) is 0 Å². The first kappa shape index (κ1) is 36.2. The first-order valence-electron chi connectivity index (χ1n) is 15.5. The van der Waals surface area contributed by atoms with Gasteiger partial charge in [-0.3, -0.25) is 4.90 Å². The summed E-state index contributed by atoms with van der Waals surface area (Å²) in [6.45, 7) is 6.97. The van der Waals surface area contributed by atoms with Crippen molar-refractivity contribution >= 4 is 45.6 Å². The summed E-state index contributed by atoms with van der Waals surface area (Å²) >= 11 is 0. The number of aromatic nitrogens is 2. The fourth-order valence-electron chi connectivity index (χ4n) is 5.43. The Bertz CT molecular complexity index is 1650. The molecule has 0 saturated carbocycles. The van der Waals surface area contributed by atoms with Crippen molar-refractivity contribution in [3.63, 3.8) is 0 Å². The SMILES string of the molecule is CC(C)(O)CNCCN(C1CCN(Cc2ccccc2)CC1)S(=O)(=O)c1ccc(Nc2nccc(Nc3ccc(F)cc3)n2)cc1.Cl. The molecule has 0 aliphatic carbocycles. The predicted octanol–water partition coefficient (Wildman–Crippen LogP) is 5.54. The second-order valence-electron chi connectivity index (χ2n) is 12.1. The molecular weight excluding hydrogens is 641 g/mol. The van der Waals surface area contributed by atoms with Crippen LogP contribution in [-0.2, 0) is 16.6 Å². The lowest BCUT2D eigenvalue weighted by molar-refractivity contribution is 0.0790. The smallest absolute Gasteiger partial charge is 0.243 e. The summed E-state index contributed by atoms with van der Waals surface area (Å²) in [4.78, 5) is 11.3. The maximum atomic E-state index is 14.1. The van der Waals surface area contributed by atoms with Crippen molar-refractivity contribution in [3.8, 4) is 0 Å². The van der Waals surface area contributed by atoms with Gasteiger partial charge in [-0.2, -0.15) is 9.29 Å². The summed E-state index contributed by atoms with van der Waals surface area (Å²) in [6, 6.07) is 24.4. The van der Waals surface area contributed by atoms with Crippen LogP contribution in [0, 0.1) is 5.82 Å². The number of hydrogen-bond donors (Lipinski definition) is 4. The van der Waals surface area contributed by atoms with Gasteiger partial charge in [-0.05, 0) is 86.8 Å². The Kier molecular flexibility index (Phi) is 12.7. The number of aliphatic hydroxyl groups is 1. The van der Waals surface area contributed by atoms with Crippen molar-refractivity contribution in [3.05, 3.63) is 103 Å². The third-order valence-corrected chi connectivity index (χ3v) is 9.74. The average molecular weight is 684 g/mol. The lowest BCUT2D eigenvalue weighted by atomic mass is 10.0. The standard InChI is InChI=1S/C34H42FN7O3S.ClH/c1-34(2,43)25-36-20-23-42(30-17-21-41(22-18-30)24-26-6-4-3-5-7-26)46(44,45)31-14-12-29(13-15-31)39-33-37-19-16-32(40-33)38-28-10-8-27(35)9-11-28;/h3-16,19,30,36,43H,17-18,20-25H2,1-2H3,(H2,37,38,39,40);1H. The molecule has 2 heterocycles. The highest BCUT2D eigenvalue weighted by Crippen LogP contribution is 2.27. The van der Waals surface area contributed by atoms with E-state index in [-0.39, 0.29) is 29.2 Å². The molecule has 1 fully saturated rings. The number of rotatable bonds is 14. The first-order chi connectivity index (χ1) is 22.0. The van der Waals surface area contributed by atoms with Gasteiger partial charge in [-0.25, -0.2) is 17.8 Å². The zero-order valence-corrected chi connectivity index (χ0v) is 28.3. The number of anilines is 4. The summed E-state index contributed by atoms with van der Waals surface area (Å²) in [5.41, 5.74) is 1.67. The lowest BCUT2D eigenvalue weighted by Crippen LogP contribution is -2.49. The van der Waals surface area contributed by atoms with Gasteiger partial charge in [0.1, 0.15) is 11.6 Å². The van der Waals surface area contributed by atoms with Crippen LogP contribution in [0.2, 0.25) is 0 Å². The highest BCUT2D eigenvalue weighted by atomic mass is 35.5. The number of nitrogens with zero attached hydrogens (tertiary/aromatic N) is 4. The van der Waals surface area contributed by atoms with Crippen LogP contribution in [0.4, 0.5) is 27.5 Å². The third-order valence-electron chi connectivity index (χ3n) is 7.77. The first-order valence-corrected chi connectivity index (χ1v) is 16.9. The molecule has 10 nitrogen and oxygen atoms in total. The Labute approximate surface area is 282 Å². The minimum atomic E-state index is -3.81. The molecule has 0 amide bonds. The number of sulfonamides is 1. The van der Waals surface area contributed by atoms with E-state index in [0.29, 0.717) is 42.8 Å². The van der Waals surface area contributed by atoms with Crippen molar-refractivity contribution in [1.82, 2.24) is 24.5 Å². The van der Waals surface area contributed by atoms with E-state index in [1.165, 1.54) is 17.7 Å². The maximum Gasteiger partial charge on any atom is 0.243 e. The van der Waals surface area contributed by atoms with Gasteiger partial charge in [-0.15, -0.1) is 12.4 Å². The van der Waals surface area contributed by atoms with Crippen LogP contribution in [0.3, 0.4) is 0 Å². The fourth-order valence-corrected chi connectivity index (χ4v) is 7.12. The molecule has 0 radical (unpaired) electrons. The minimum absolute atomic E-state index is 0. The molecule has 0 bridgehead atoms. The number of hydrogen-bond acceptors (Lipinski definition) is 9. The van der Waals surface area contributed by atoms with Gasteiger partial charge < -0.3 is 21.1 Å². The number of nitrogens with one attached hydrogen (secondary N) is 3. The Morgan fingerprint density at radius 1 is 0.936 bits per heavy atom. The second-order valence-corrected chi connectivity index (χ2v) is 14.0. The van der Waals surface area contributed by atoms with E-state index in [1.54, 1.807) is 66.8 Å². The van der Waals surface area contributed by atoms with Crippen LogP contribution in [0.25, 0.3) is 0 Å². The molecule has 4 aromatic rings. The van der Waals surface area contributed by atoms with Crippen molar-refractivity contribution in [2.45, 2.75) is 49.8 Å². The highest BCUT2D eigenvalue weighted by Gasteiger charge is 2.33. The van der Waals surface area contributed by atoms with E-state index in [0.717, 1.165) is 32.5 Å². The lowest BCUT2D eigenvalue weighted by Gasteiger charge is -2.38. The maximum absolute atomic E-state index is 14.1. The number of benzene rings is 3. The fraction of sp³-hybridized carbons (Fsp3) is 0.353. The van der Waals surface area contributed by atoms with Crippen LogP contribution in [0.1, 0.15) is 32.3 Å². The van der Waals surface area contributed by atoms with Gasteiger partial charge in [-0.1, -0.05) is 30.3 Å². The van der Waals surface area contributed by atoms with Crippen LogP contribution < -0.4 is 16.0 Å². The molecule has 0 unspecified atom stereocenters. The normalized spacial score (nSPS) is 14.5. The molecule has 3 aromatic carbocycles. The van der Waals surface area contributed by atoms with Gasteiger partial charge in [0.2, 0.25) is 16.0 Å². The largest absolute Gasteiger partial charge is 0.389 e. The molecule has 252 valence electrons. The minimum Gasteiger partial charge on any atom is -0.389 e. The highest BCUT2D eigenvalue weighted by molar-refractivity contribution is 7.89. The molecule has 1 aromatic heterocycles. The van der Waals surface area contributed by atoms with E-state index >= 15 is 0 Å². The third kappa shape index (κ3) is 10.7. The summed E-state index contributed by atoms with van der Waals surface area (Å²) in [6.07, 6.45) is 3.06. The molecule has 1 saturated heterocycles. The van der Waals surface area contributed by atoms with Crippen LogP contribution in [0.15, 0.2) is 96.0 Å². The van der Waals surface area contributed by atoms with E-state index in [4.69, 9.17) is 0 Å². The molecule has 0 spiro atoms. The Morgan fingerprint density at radius 2 is 1.57 bits per heavy atom. The van der Waals surface area contributed by atoms with Gasteiger partial charge in [0, 0.05) is 62.9 Å². The van der Waals surface area contributed by atoms with Crippen molar-refractivity contribution in [2.24, 2.45) is 0 Å². The Hall–Kier alpha value is -3.65. The molecule has 1 aliphatic heterocycles. The van der Waals surface area contributed by atoms with Crippen molar-refractivity contribution < 1.29 is 17.9 Å². The van der Waals surface area contributed by atoms with E-state index in [2.05, 4.69) is 43.0 Å². The van der Waals surface area contributed by atoms with Gasteiger partial charge in [0.05, 0.1) is 10.5 Å². The topological polar surface area (TPSA) is 123 Å². The molecule has 47 heavy (non-hydrogen) atoms. The van der Waals surface area contributed by atoms with Gasteiger partial charge in [0.25, 0.3) is 0 Å². The van der Waals surface area contributed by atoms with Crippen LogP contribution in [0.5, 0.6) is 0 Å². The summed E-state index contributed by atoms with van der Waals surface area (Å²) in [5.74, 6) is 0.521. The molecular formula is C34H43ClFN7O3S. The molecule has 1 aliphatic rings. The summed E-state index contributed by atoms with van der Waals surface area (Å²) in [7, 11) is -3.81. The van der Waals surface area contributed by atoms with E-state index in [1.807, 2.05) is 18.2 Å². The van der Waals surface area contributed by atoms with Gasteiger partial charge >= 0.3 is 0 Å². The molecule has 5 rings (SSSR count). The van der Waals surface area contributed by atoms with E-state index in [9.17, 15) is 17.9 Å². The Balaban J connectivity index is 0.00000500. The number of halogens is 2. The monoisotopic (exact) mass is 683 g/mol. The van der Waals surface area contributed by atoms with Crippen molar-refractivity contribution in [2.75, 3.05) is 43.4 Å². The van der Waals surface area contributed by atoms with Crippen LogP contribution >= 0.6 is 12.4 Å². The predicted molar refractivity (Wildman–Crippen MR) is 186 cm³/mol. The molecule has 0 atom stereocenters. The zero-order chi connectivity index (χ0) is 32.6. The number of likely N-dealkylation sites (tertiary alicyclic amines) is 1. The molecule has 13 heteroatoms. The van der Waals surface area contributed by atoms with Crippen LogP contribution in [-0.4, -0.2) is 77.1 Å².